The van der Waals surface area contributed by atoms with Crippen LogP contribution in [0, 0.1) is 0 Å². The van der Waals surface area contributed by atoms with Gasteiger partial charge in [-0.2, -0.15) is 0 Å². The van der Waals surface area contributed by atoms with Crippen molar-refractivity contribution in [2.75, 3.05) is 5.32 Å². The van der Waals surface area contributed by atoms with Gasteiger partial charge in [0.15, 0.2) is 0 Å². The summed E-state index contributed by atoms with van der Waals surface area (Å²) >= 11 is 7.64. The second kappa shape index (κ2) is 6.67. The Labute approximate surface area is 138 Å². The molecule has 0 saturated carbocycles. The van der Waals surface area contributed by atoms with Gasteiger partial charge in [0.2, 0.25) is 5.91 Å². The number of aryl methyl sites for hydroxylation is 1. The molecule has 1 aromatic carbocycles. The number of hydrogen-bond acceptors (Lipinski definition) is 4. The number of carbonyl (C=O) groups excluding carboxylic acids is 1. The number of anilines is 1. The molecule has 0 saturated heterocycles. The molecule has 0 bridgehead atoms. The number of nitrogens with one attached hydrogen (secondary N) is 2. The van der Waals surface area contributed by atoms with Crippen LogP contribution < -0.4 is 10.6 Å². The highest BCUT2D eigenvalue weighted by molar-refractivity contribution is 7.09. The van der Waals surface area contributed by atoms with Crippen LogP contribution in [-0.2, 0) is 24.2 Å². The SMILES string of the molecule is CCCc1nc(CNC(=O)[C@H]2Cc3cc(Cl)ccc3N2)cs1. The van der Waals surface area contributed by atoms with Crippen LogP contribution in [0.1, 0.15) is 29.6 Å². The average Bonchev–Trinajstić information content (AvgIpc) is 3.11. The standard InChI is InChI=1S/C16H18ClN3OS/c1-2-3-15-19-12(9-22-15)8-18-16(21)14-7-10-6-11(17)4-5-13(10)20-14/h4-6,9,14,20H,2-3,7-8H2,1H3,(H,18,21)/t14-/m1/s1. The Morgan fingerprint density at radius 2 is 2.41 bits per heavy atom. The van der Waals surface area contributed by atoms with Crippen molar-refractivity contribution >= 4 is 34.5 Å². The summed E-state index contributed by atoms with van der Waals surface area (Å²) in [5.41, 5.74) is 3.01. The normalized spacial score (nSPS) is 16.2. The summed E-state index contributed by atoms with van der Waals surface area (Å²) in [5, 5.41) is 10.0. The molecule has 22 heavy (non-hydrogen) atoms. The van der Waals surface area contributed by atoms with Crippen molar-refractivity contribution in [3.63, 3.8) is 0 Å². The number of carbonyl (C=O) groups is 1. The number of rotatable bonds is 5. The van der Waals surface area contributed by atoms with Crippen LogP contribution in [0.2, 0.25) is 5.02 Å². The molecule has 1 atom stereocenters. The second-order valence-corrected chi connectivity index (χ2v) is 6.78. The minimum Gasteiger partial charge on any atom is -0.373 e. The zero-order valence-electron chi connectivity index (χ0n) is 12.4. The van der Waals surface area contributed by atoms with Crippen LogP contribution in [0.3, 0.4) is 0 Å². The molecular formula is C16H18ClN3OS. The molecule has 0 radical (unpaired) electrons. The van der Waals surface area contributed by atoms with Crippen LogP contribution in [0.25, 0.3) is 0 Å². The largest absolute Gasteiger partial charge is 0.373 e. The van der Waals surface area contributed by atoms with E-state index in [2.05, 4.69) is 22.5 Å². The Balaban J connectivity index is 1.55. The highest BCUT2D eigenvalue weighted by Crippen LogP contribution is 2.28. The average molecular weight is 336 g/mol. The third-order valence-corrected chi connectivity index (χ3v) is 4.84. The molecule has 1 aromatic heterocycles. The van der Waals surface area contributed by atoms with E-state index in [4.69, 9.17) is 11.6 Å². The smallest absolute Gasteiger partial charge is 0.243 e. The van der Waals surface area contributed by atoms with Crippen molar-refractivity contribution < 1.29 is 4.79 Å². The first-order chi connectivity index (χ1) is 10.7. The molecule has 6 heteroatoms. The van der Waals surface area contributed by atoms with E-state index in [-0.39, 0.29) is 11.9 Å². The van der Waals surface area contributed by atoms with Crippen molar-refractivity contribution in [3.05, 3.63) is 44.9 Å². The van der Waals surface area contributed by atoms with E-state index in [0.29, 0.717) is 18.0 Å². The van der Waals surface area contributed by atoms with Gasteiger partial charge in [-0.15, -0.1) is 11.3 Å². The number of halogens is 1. The number of nitrogens with zero attached hydrogens (tertiary/aromatic N) is 1. The molecule has 2 N–H and O–H groups in total. The number of thiazole rings is 1. The van der Waals surface area contributed by atoms with Crippen LogP contribution in [0.4, 0.5) is 5.69 Å². The summed E-state index contributed by atoms with van der Waals surface area (Å²) < 4.78 is 0. The molecule has 4 nitrogen and oxygen atoms in total. The summed E-state index contributed by atoms with van der Waals surface area (Å²) in [6, 6.07) is 5.43. The zero-order valence-corrected chi connectivity index (χ0v) is 13.9. The van der Waals surface area contributed by atoms with E-state index < -0.39 is 0 Å². The molecule has 1 aliphatic rings. The Kier molecular flexibility index (Phi) is 4.64. The van der Waals surface area contributed by atoms with E-state index >= 15 is 0 Å². The lowest BCUT2D eigenvalue weighted by Crippen LogP contribution is -2.38. The summed E-state index contributed by atoms with van der Waals surface area (Å²) in [5.74, 6) is -0.00244. The number of fused-ring (bicyclic) bond motifs is 1. The maximum atomic E-state index is 12.3. The predicted molar refractivity (Wildman–Crippen MR) is 90.5 cm³/mol. The van der Waals surface area contributed by atoms with Gasteiger partial charge >= 0.3 is 0 Å². The monoisotopic (exact) mass is 335 g/mol. The highest BCUT2D eigenvalue weighted by atomic mass is 35.5. The van der Waals surface area contributed by atoms with Crippen LogP contribution in [0.15, 0.2) is 23.6 Å². The fourth-order valence-corrected chi connectivity index (χ4v) is 3.64. The number of aromatic nitrogens is 1. The fraction of sp³-hybridized carbons (Fsp3) is 0.375. The van der Waals surface area contributed by atoms with Crippen LogP contribution in [-0.4, -0.2) is 16.9 Å². The lowest BCUT2D eigenvalue weighted by molar-refractivity contribution is -0.121. The summed E-state index contributed by atoms with van der Waals surface area (Å²) in [4.78, 5) is 16.8. The van der Waals surface area contributed by atoms with Crippen LogP contribution in [0.5, 0.6) is 0 Å². The third-order valence-electron chi connectivity index (χ3n) is 3.64. The molecular weight excluding hydrogens is 318 g/mol. The number of benzene rings is 1. The molecule has 2 aromatic rings. The molecule has 1 amide bonds. The maximum absolute atomic E-state index is 12.3. The van der Waals surface area contributed by atoms with Gasteiger partial charge in [0.05, 0.1) is 17.2 Å². The molecule has 3 rings (SSSR count). The van der Waals surface area contributed by atoms with Crippen molar-refractivity contribution in [2.24, 2.45) is 0 Å². The minimum atomic E-state index is -0.234. The first-order valence-corrected chi connectivity index (χ1v) is 8.67. The molecule has 0 spiro atoms. The Morgan fingerprint density at radius 3 is 3.23 bits per heavy atom. The lowest BCUT2D eigenvalue weighted by atomic mass is 10.1. The van der Waals surface area contributed by atoms with Gasteiger partial charge in [0.25, 0.3) is 0 Å². The lowest BCUT2D eigenvalue weighted by Gasteiger charge is -2.11. The van der Waals surface area contributed by atoms with Gasteiger partial charge in [-0.05, 0) is 36.6 Å². The van der Waals surface area contributed by atoms with Crippen LogP contribution >= 0.6 is 22.9 Å². The molecule has 0 aliphatic carbocycles. The quantitative estimate of drug-likeness (QED) is 0.880. The summed E-state index contributed by atoms with van der Waals surface area (Å²) in [6.07, 6.45) is 2.75. The van der Waals surface area contributed by atoms with Crippen molar-refractivity contribution in [1.82, 2.24) is 10.3 Å². The van der Waals surface area contributed by atoms with E-state index in [9.17, 15) is 4.79 Å². The van der Waals surface area contributed by atoms with Crippen molar-refractivity contribution in [3.8, 4) is 0 Å². The first kappa shape index (κ1) is 15.3. The number of amides is 1. The molecule has 0 fully saturated rings. The first-order valence-electron chi connectivity index (χ1n) is 7.41. The summed E-state index contributed by atoms with van der Waals surface area (Å²) in [7, 11) is 0. The Bertz CT molecular complexity index is 686. The van der Waals surface area contributed by atoms with E-state index in [0.717, 1.165) is 34.8 Å². The fourth-order valence-electron chi connectivity index (χ4n) is 2.55. The number of hydrogen-bond donors (Lipinski definition) is 2. The van der Waals surface area contributed by atoms with E-state index in [1.54, 1.807) is 11.3 Å². The van der Waals surface area contributed by atoms with Gasteiger partial charge in [-0.3, -0.25) is 4.79 Å². The molecule has 116 valence electrons. The van der Waals surface area contributed by atoms with E-state index in [1.165, 1.54) is 0 Å². The Morgan fingerprint density at radius 1 is 1.55 bits per heavy atom. The molecule has 1 aliphatic heterocycles. The predicted octanol–water partition coefficient (Wildman–Crippen LogP) is 3.40. The molecule has 0 unspecified atom stereocenters. The maximum Gasteiger partial charge on any atom is 0.243 e. The molecule has 2 heterocycles. The van der Waals surface area contributed by atoms with Gasteiger partial charge in [0, 0.05) is 22.5 Å². The minimum absolute atomic E-state index is 0.00244. The second-order valence-electron chi connectivity index (χ2n) is 5.40. The van der Waals surface area contributed by atoms with Gasteiger partial charge in [0.1, 0.15) is 6.04 Å². The third kappa shape index (κ3) is 3.42. The van der Waals surface area contributed by atoms with Gasteiger partial charge < -0.3 is 10.6 Å². The Hall–Kier alpha value is -1.59. The highest BCUT2D eigenvalue weighted by Gasteiger charge is 2.26. The van der Waals surface area contributed by atoms with Crippen molar-refractivity contribution in [2.45, 2.75) is 38.8 Å². The topological polar surface area (TPSA) is 54.0 Å². The van der Waals surface area contributed by atoms with Gasteiger partial charge in [-0.25, -0.2) is 4.98 Å². The summed E-state index contributed by atoms with van der Waals surface area (Å²) in [6.45, 7) is 2.62. The van der Waals surface area contributed by atoms with Crippen molar-refractivity contribution in [1.29, 1.82) is 0 Å². The zero-order chi connectivity index (χ0) is 15.5. The van der Waals surface area contributed by atoms with E-state index in [1.807, 2.05) is 23.6 Å². The van der Waals surface area contributed by atoms with Gasteiger partial charge in [-0.1, -0.05) is 18.5 Å².